The molecule has 0 aromatic rings. The van der Waals surface area contributed by atoms with Crippen molar-refractivity contribution in [1.82, 2.24) is 0 Å². The van der Waals surface area contributed by atoms with Crippen molar-refractivity contribution >= 4 is 5.97 Å². The van der Waals surface area contributed by atoms with Gasteiger partial charge in [-0.2, -0.15) is 0 Å². The predicted molar refractivity (Wildman–Crippen MR) is 130 cm³/mol. The summed E-state index contributed by atoms with van der Waals surface area (Å²) in [5.41, 5.74) is 0. The first-order chi connectivity index (χ1) is 16.0. The molecule has 0 aromatic heterocycles. The molecule has 6 nitrogen and oxygen atoms in total. The number of hydrogen-bond acceptors (Lipinski definition) is 5. The first-order valence-corrected chi connectivity index (χ1v) is 13.2. The molecule has 1 heterocycles. The van der Waals surface area contributed by atoms with Gasteiger partial charge in [0.2, 0.25) is 0 Å². The number of carboxylic acid groups (broad SMARTS) is 1. The van der Waals surface area contributed by atoms with E-state index in [9.17, 15) is 15.0 Å². The molecule has 6 atom stereocenters. The summed E-state index contributed by atoms with van der Waals surface area (Å²) in [5.74, 6) is -0.922. The predicted octanol–water partition coefficient (Wildman–Crippen LogP) is 5.37. The molecule has 2 aliphatic rings. The summed E-state index contributed by atoms with van der Waals surface area (Å²) in [7, 11) is 0. The van der Waals surface area contributed by atoms with Gasteiger partial charge in [-0.3, -0.25) is 4.79 Å². The van der Waals surface area contributed by atoms with Crippen molar-refractivity contribution in [3.63, 3.8) is 0 Å². The second-order valence-electron chi connectivity index (χ2n) is 9.66. The number of aliphatic carboxylic acids is 1. The number of aliphatic hydroxyl groups is 2. The molecule has 1 unspecified atom stereocenters. The SMILES string of the molecule is CCCCCCC[C@H](/C=C/[C@@H]1[C@@H](C/C=C\CCCC(=O)O)[C@@H](O)C[C@H]1O)OC1CCCCO1. The van der Waals surface area contributed by atoms with Gasteiger partial charge in [-0.15, -0.1) is 0 Å². The van der Waals surface area contributed by atoms with Crippen LogP contribution in [0.1, 0.15) is 96.8 Å². The summed E-state index contributed by atoms with van der Waals surface area (Å²) in [6.45, 7) is 2.98. The molecule has 1 aliphatic carbocycles. The van der Waals surface area contributed by atoms with Crippen LogP contribution < -0.4 is 0 Å². The zero-order valence-corrected chi connectivity index (χ0v) is 20.4. The topological polar surface area (TPSA) is 96.2 Å². The van der Waals surface area contributed by atoms with Crippen LogP contribution in [0, 0.1) is 11.8 Å². The number of unbranched alkanes of at least 4 members (excludes halogenated alkanes) is 5. The third kappa shape index (κ3) is 11.2. The Morgan fingerprint density at radius 3 is 2.64 bits per heavy atom. The quantitative estimate of drug-likeness (QED) is 0.209. The second kappa shape index (κ2) is 16.4. The van der Waals surface area contributed by atoms with E-state index in [-0.39, 0.29) is 30.7 Å². The van der Waals surface area contributed by atoms with E-state index in [1.165, 1.54) is 25.7 Å². The first-order valence-electron chi connectivity index (χ1n) is 13.2. The van der Waals surface area contributed by atoms with Crippen LogP contribution >= 0.6 is 0 Å². The molecule has 2 rings (SSSR count). The molecule has 0 amide bonds. The Morgan fingerprint density at radius 2 is 1.91 bits per heavy atom. The smallest absolute Gasteiger partial charge is 0.303 e. The largest absolute Gasteiger partial charge is 0.481 e. The maximum Gasteiger partial charge on any atom is 0.303 e. The Hall–Kier alpha value is -1.21. The van der Waals surface area contributed by atoms with Crippen molar-refractivity contribution in [3.05, 3.63) is 24.3 Å². The molecule has 1 saturated carbocycles. The van der Waals surface area contributed by atoms with Gasteiger partial charge in [0, 0.05) is 25.4 Å². The van der Waals surface area contributed by atoms with Crippen LogP contribution in [0.4, 0.5) is 0 Å². The van der Waals surface area contributed by atoms with E-state index in [4.69, 9.17) is 14.6 Å². The van der Waals surface area contributed by atoms with Crippen molar-refractivity contribution in [2.24, 2.45) is 11.8 Å². The van der Waals surface area contributed by atoms with Crippen molar-refractivity contribution in [2.45, 2.75) is 121 Å². The van der Waals surface area contributed by atoms with Gasteiger partial charge < -0.3 is 24.8 Å². The second-order valence-corrected chi connectivity index (χ2v) is 9.66. The lowest BCUT2D eigenvalue weighted by atomic mass is 9.89. The zero-order chi connectivity index (χ0) is 23.9. The Bertz CT molecular complexity index is 583. The molecule has 1 saturated heterocycles. The molecular formula is C27H46O6. The lowest BCUT2D eigenvalue weighted by Gasteiger charge is -2.27. The molecule has 3 N–H and O–H groups in total. The van der Waals surface area contributed by atoms with Gasteiger partial charge in [0.15, 0.2) is 6.29 Å². The highest BCUT2D eigenvalue weighted by Crippen LogP contribution is 2.36. The fourth-order valence-electron chi connectivity index (χ4n) is 4.87. The number of carbonyl (C=O) groups is 1. The molecule has 0 radical (unpaired) electrons. The van der Waals surface area contributed by atoms with E-state index in [2.05, 4.69) is 19.1 Å². The van der Waals surface area contributed by atoms with E-state index >= 15 is 0 Å². The Balaban J connectivity index is 1.91. The van der Waals surface area contributed by atoms with Crippen LogP contribution in [-0.4, -0.2) is 52.5 Å². The highest BCUT2D eigenvalue weighted by atomic mass is 16.7. The van der Waals surface area contributed by atoms with Gasteiger partial charge in [-0.05, 0) is 50.9 Å². The first kappa shape index (κ1) is 28.0. The maximum absolute atomic E-state index is 10.6. The molecule has 0 spiro atoms. The molecule has 0 aromatic carbocycles. The van der Waals surface area contributed by atoms with E-state index in [1.807, 2.05) is 12.2 Å². The van der Waals surface area contributed by atoms with E-state index < -0.39 is 18.2 Å². The highest BCUT2D eigenvalue weighted by Gasteiger charge is 2.39. The number of aliphatic hydroxyl groups excluding tert-OH is 2. The zero-order valence-electron chi connectivity index (χ0n) is 20.4. The molecule has 2 fully saturated rings. The lowest BCUT2D eigenvalue weighted by molar-refractivity contribution is -0.179. The average Bonchev–Trinajstić information content (AvgIpc) is 3.06. The van der Waals surface area contributed by atoms with Gasteiger partial charge in [0.25, 0.3) is 0 Å². The van der Waals surface area contributed by atoms with Crippen molar-refractivity contribution in [2.75, 3.05) is 6.61 Å². The molecule has 0 bridgehead atoms. The van der Waals surface area contributed by atoms with Gasteiger partial charge in [0.05, 0.1) is 18.3 Å². The van der Waals surface area contributed by atoms with Gasteiger partial charge >= 0.3 is 5.97 Å². The van der Waals surface area contributed by atoms with Gasteiger partial charge in [-0.1, -0.05) is 63.3 Å². The summed E-state index contributed by atoms with van der Waals surface area (Å²) < 4.78 is 12.1. The minimum atomic E-state index is -0.774. The monoisotopic (exact) mass is 466 g/mol. The molecule has 6 heteroatoms. The van der Waals surface area contributed by atoms with Crippen LogP contribution in [0.5, 0.6) is 0 Å². The van der Waals surface area contributed by atoms with Gasteiger partial charge in [0.1, 0.15) is 0 Å². The number of hydrogen-bond donors (Lipinski definition) is 3. The van der Waals surface area contributed by atoms with Gasteiger partial charge in [-0.25, -0.2) is 0 Å². The molecule has 1 aliphatic heterocycles. The molecule has 33 heavy (non-hydrogen) atoms. The molecule has 190 valence electrons. The van der Waals surface area contributed by atoms with Crippen molar-refractivity contribution < 1.29 is 29.6 Å². The number of allylic oxidation sites excluding steroid dienone is 2. The fourth-order valence-corrected chi connectivity index (χ4v) is 4.87. The van der Waals surface area contributed by atoms with E-state index in [0.29, 0.717) is 25.7 Å². The minimum absolute atomic E-state index is 0.0353. The Kier molecular flexibility index (Phi) is 13.9. The minimum Gasteiger partial charge on any atom is -0.481 e. The summed E-state index contributed by atoms with van der Waals surface area (Å²) in [6, 6.07) is 0. The number of rotatable bonds is 16. The summed E-state index contributed by atoms with van der Waals surface area (Å²) in [5, 5.41) is 29.8. The van der Waals surface area contributed by atoms with Crippen LogP contribution in [0.2, 0.25) is 0 Å². The van der Waals surface area contributed by atoms with E-state index in [1.54, 1.807) is 0 Å². The Morgan fingerprint density at radius 1 is 1.09 bits per heavy atom. The number of carboxylic acids is 1. The third-order valence-electron chi connectivity index (χ3n) is 6.86. The maximum atomic E-state index is 10.6. The molecular weight excluding hydrogens is 420 g/mol. The summed E-state index contributed by atoms with van der Waals surface area (Å²) in [4.78, 5) is 10.6. The fraction of sp³-hybridized carbons (Fsp3) is 0.815. The van der Waals surface area contributed by atoms with E-state index in [0.717, 1.165) is 38.7 Å². The van der Waals surface area contributed by atoms with Crippen LogP contribution in [0.15, 0.2) is 24.3 Å². The van der Waals surface area contributed by atoms with Crippen LogP contribution in [0.25, 0.3) is 0 Å². The highest BCUT2D eigenvalue weighted by molar-refractivity contribution is 5.66. The average molecular weight is 467 g/mol. The standard InChI is InChI=1S/C27H46O6/c1-2-3-4-5-8-13-21(33-27-16-11-12-19-32-27)17-18-23-22(24(28)20-25(23)29)14-9-6-7-10-15-26(30)31/h6,9,17-18,21-25,27-29H,2-5,7-8,10-16,19-20H2,1H3,(H,30,31)/b9-6-,18-17+/t21-,22-,23-,24+,25-,27?/m1/s1. The normalized spacial score (nSPS) is 29.2. The van der Waals surface area contributed by atoms with Crippen molar-refractivity contribution in [3.8, 4) is 0 Å². The Labute approximate surface area is 200 Å². The van der Waals surface area contributed by atoms with Crippen LogP contribution in [0.3, 0.4) is 0 Å². The third-order valence-corrected chi connectivity index (χ3v) is 6.86. The summed E-state index contributed by atoms with van der Waals surface area (Å²) >= 11 is 0. The lowest BCUT2D eigenvalue weighted by Crippen LogP contribution is -2.27. The number of ether oxygens (including phenoxy) is 2. The summed E-state index contributed by atoms with van der Waals surface area (Å²) in [6.07, 6.45) is 19.6. The van der Waals surface area contributed by atoms with Crippen LogP contribution in [-0.2, 0) is 14.3 Å². The van der Waals surface area contributed by atoms with Crippen molar-refractivity contribution in [1.29, 1.82) is 0 Å².